The molecule has 0 radical (unpaired) electrons. The fourth-order valence-corrected chi connectivity index (χ4v) is 2.07. The van der Waals surface area contributed by atoms with Gasteiger partial charge in [-0.25, -0.2) is 4.39 Å². The first-order valence-corrected chi connectivity index (χ1v) is 5.13. The number of rotatable bonds is 3. The zero-order valence-corrected chi connectivity index (χ0v) is 8.46. The van der Waals surface area contributed by atoms with Gasteiger partial charge in [-0.15, -0.1) is 0 Å². The van der Waals surface area contributed by atoms with E-state index in [4.69, 9.17) is 5.73 Å². The van der Waals surface area contributed by atoms with Crippen LogP contribution in [-0.4, -0.2) is 6.54 Å². The summed E-state index contributed by atoms with van der Waals surface area (Å²) in [6.45, 7) is 2.82. The average Bonchev–Trinajstić information content (AvgIpc) is 3.01. The molecule has 0 heterocycles. The maximum atomic E-state index is 12.8. The smallest absolute Gasteiger partial charge is 0.123 e. The van der Waals surface area contributed by atoms with Crippen LogP contribution in [0.3, 0.4) is 0 Å². The van der Waals surface area contributed by atoms with Crippen LogP contribution in [0.1, 0.15) is 25.3 Å². The lowest BCUT2D eigenvalue weighted by atomic mass is 9.78. The largest absolute Gasteiger partial charge is 0.330 e. The molecule has 0 bridgehead atoms. The van der Waals surface area contributed by atoms with Crippen molar-refractivity contribution in [2.24, 2.45) is 11.7 Å². The van der Waals surface area contributed by atoms with E-state index in [1.807, 2.05) is 12.1 Å². The summed E-state index contributed by atoms with van der Waals surface area (Å²) in [5, 5.41) is 0. The maximum Gasteiger partial charge on any atom is 0.123 e. The second-order valence-electron chi connectivity index (χ2n) is 4.40. The van der Waals surface area contributed by atoms with Crippen molar-refractivity contribution in [3.8, 4) is 0 Å². The molecule has 76 valence electrons. The van der Waals surface area contributed by atoms with E-state index in [0.717, 1.165) is 0 Å². The summed E-state index contributed by atoms with van der Waals surface area (Å²) in [5.41, 5.74) is 7.04. The third-order valence-electron chi connectivity index (χ3n) is 3.41. The molecule has 2 N–H and O–H groups in total. The van der Waals surface area contributed by atoms with E-state index in [0.29, 0.717) is 12.5 Å². The van der Waals surface area contributed by atoms with Crippen molar-refractivity contribution in [1.82, 2.24) is 0 Å². The first-order valence-electron chi connectivity index (χ1n) is 5.13. The third-order valence-corrected chi connectivity index (χ3v) is 3.41. The Morgan fingerprint density at radius 3 is 2.36 bits per heavy atom. The van der Waals surface area contributed by atoms with E-state index in [1.54, 1.807) is 0 Å². The van der Waals surface area contributed by atoms with Crippen LogP contribution in [-0.2, 0) is 5.41 Å². The Labute approximate surface area is 84.1 Å². The molecule has 0 aliphatic heterocycles. The van der Waals surface area contributed by atoms with Crippen molar-refractivity contribution in [3.05, 3.63) is 35.6 Å². The van der Waals surface area contributed by atoms with Crippen LogP contribution < -0.4 is 5.73 Å². The molecule has 1 aliphatic rings. The molecule has 2 rings (SSSR count). The topological polar surface area (TPSA) is 26.0 Å². The Morgan fingerprint density at radius 2 is 1.93 bits per heavy atom. The van der Waals surface area contributed by atoms with Crippen LogP contribution in [0, 0.1) is 11.7 Å². The van der Waals surface area contributed by atoms with Crippen molar-refractivity contribution in [3.63, 3.8) is 0 Å². The summed E-state index contributed by atoms with van der Waals surface area (Å²) in [7, 11) is 0. The Morgan fingerprint density at radius 1 is 1.36 bits per heavy atom. The molecule has 1 aliphatic carbocycles. The summed E-state index contributed by atoms with van der Waals surface area (Å²) in [4.78, 5) is 0. The van der Waals surface area contributed by atoms with E-state index >= 15 is 0 Å². The van der Waals surface area contributed by atoms with Crippen LogP contribution in [0.2, 0.25) is 0 Å². The molecule has 1 nitrogen and oxygen atoms in total. The minimum absolute atomic E-state index is 0.0493. The average molecular weight is 193 g/mol. The quantitative estimate of drug-likeness (QED) is 0.784. The van der Waals surface area contributed by atoms with Crippen molar-refractivity contribution in [2.45, 2.75) is 25.2 Å². The van der Waals surface area contributed by atoms with Gasteiger partial charge in [0, 0.05) is 12.0 Å². The maximum absolute atomic E-state index is 12.8. The number of benzene rings is 1. The fraction of sp³-hybridized carbons (Fsp3) is 0.500. The molecule has 1 aromatic carbocycles. The summed E-state index contributed by atoms with van der Waals surface area (Å²) in [6, 6.07) is 6.76. The summed E-state index contributed by atoms with van der Waals surface area (Å²) < 4.78 is 12.8. The highest BCUT2D eigenvalue weighted by Gasteiger charge is 2.41. The Balaban J connectivity index is 2.31. The first-order chi connectivity index (χ1) is 6.66. The van der Waals surface area contributed by atoms with Crippen molar-refractivity contribution in [1.29, 1.82) is 0 Å². The summed E-state index contributed by atoms with van der Waals surface area (Å²) >= 11 is 0. The van der Waals surface area contributed by atoms with Crippen LogP contribution in [0.15, 0.2) is 24.3 Å². The van der Waals surface area contributed by atoms with Gasteiger partial charge >= 0.3 is 0 Å². The van der Waals surface area contributed by atoms with E-state index < -0.39 is 0 Å². The van der Waals surface area contributed by atoms with Crippen molar-refractivity contribution >= 4 is 0 Å². The van der Waals surface area contributed by atoms with Crippen LogP contribution >= 0.6 is 0 Å². The van der Waals surface area contributed by atoms with Gasteiger partial charge in [-0.3, -0.25) is 0 Å². The molecule has 14 heavy (non-hydrogen) atoms. The van der Waals surface area contributed by atoms with Gasteiger partial charge < -0.3 is 5.73 Å². The number of hydrogen-bond donors (Lipinski definition) is 1. The van der Waals surface area contributed by atoms with Crippen molar-refractivity contribution in [2.75, 3.05) is 6.54 Å². The predicted molar refractivity (Wildman–Crippen MR) is 55.5 cm³/mol. The normalized spacial score (nSPS) is 20.5. The molecular formula is C12H16FN. The van der Waals surface area contributed by atoms with Gasteiger partial charge in [0.05, 0.1) is 0 Å². The highest BCUT2D eigenvalue weighted by atomic mass is 19.1. The Kier molecular flexibility index (Phi) is 2.31. The molecular weight excluding hydrogens is 177 g/mol. The van der Waals surface area contributed by atoms with Crippen LogP contribution in [0.25, 0.3) is 0 Å². The standard InChI is InChI=1S/C12H16FN/c1-12(8-14,9-2-3-9)10-4-6-11(13)7-5-10/h4-7,9H,2-3,8,14H2,1H3. The zero-order valence-electron chi connectivity index (χ0n) is 8.46. The Bertz CT molecular complexity index is 316. The molecule has 0 amide bonds. The SMILES string of the molecule is CC(CN)(c1ccc(F)cc1)C1CC1. The molecule has 0 aromatic heterocycles. The molecule has 2 heteroatoms. The molecule has 1 atom stereocenters. The Hall–Kier alpha value is -0.890. The van der Waals surface area contributed by atoms with Crippen LogP contribution in [0.4, 0.5) is 4.39 Å². The highest BCUT2D eigenvalue weighted by molar-refractivity contribution is 5.28. The molecule has 1 unspecified atom stereocenters. The summed E-state index contributed by atoms with van der Waals surface area (Å²) in [5.74, 6) is 0.516. The molecule has 1 fully saturated rings. The fourth-order valence-electron chi connectivity index (χ4n) is 2.07. The van der Waals surface area contributed by atoms with Gasteiger partial charge in [-0.1, -0.05) is 19.1 Å². The monoisotopic (exact) mass is 193 g/mol. The summed E-state index contributed by atoms with van der Waals surface area (Å²) in [6.07, 6.45) is 2.51. The van der Waals surface area contributed by atoms with E-state index in [2.05, 4.69) is 6.92 Å². The van der Waals surface area contributed by atoms with Gasteiger partial charge in [-0.05, 0) is 36.5 Å². The second-order valence-corrected chi connectivity index (χ2v) is 4.40. The number of halogens is 1. The lowest BCUT2D eigenvalue weighted by molar-refractivity contribution is 0.420. The van der Waals surface area contributed by atoms with Gasteiger partial charge in [-0.2, -0.15) is 0 Å². The molecule has 0 saturated heterocycles. The van der Waals surface area contributed by atoms with Crippen LogP contribution in [0.5, 0.6) is 0 Å². The highest BCUT2D eigenvalue weighted by Crippen LogP contribution is 2.46. The molecule has 1 saturated carbocycles. The van der Waals surface area contributed by atoms with E-state index in [9.17, 15) is 4.39 Å². The van der Waals surface area contributed by atoms with Gasteiger partial charge in [0.2, 0.25) is 0 Å². The van der Waals surface area contributed by atoms with E-state index in [1.165, 1.54) is 30.5 Å². The minimum Gasteiger partial charge on any atom is -0.330 e. The van der Waals surface area contributed by atoms with Gasteiger partial charge in [0.25, 0.3) is 0 Å². The first kappa shape index (κ1) is 9.66. The van der Waals surface area contributed by atoms with E-state index in [-0.39, 0.29) is 11.2 Å². The minimum atomic E-state index is -0.177. The third kappa shape index (κ3) is 1.55. The lowest BCUT2D eigenvalue weighted by Crippen LogP contribution is -2.34. The van der Waals surface area contributed by atoms with Gasteiger partial charge in [0.1, 0.15) is 5.82 Å². The lowest BCUT2D eigenvalue weighted by Gasteiger charge is -2.28. The predicted octanol–water partition coefficient (Wildman–Crippen LogP) is 2.45. The van der Waals surface area contributed by atoms with Gasteiger partial charge in [0.15, 0.2) is 0 Å². The number of nitrogens with two attached hydrogens (primary N) is 1. The zero-order chi connectivity index (χ0) is 10.2. The second kappa shape index (κ2) is 3.35. The van der Waals surface area contributed by atoms with Crippen molar-refractivity contribution < 1.29 is 4.39 Å². The number of hydrogen-bond acceptors (Lipinski definition) is 1. The molecule has 1 aromatic rings. The molecule has 0 spiro atoms.